The lowest BCUT2D eigenvalue weighted by atomic mass is 9.94. The number of hydrogen-bond donors (Lipinski definition) is 1. The largest absolute Gasteiger partial charge is 0.507 e. The van der Waals surface area contributed by atoms with Crippen LogP contribution in [0.5, 0.6) is 0 Å². The Balaban J connectivity index is 1.73. The summed E-state index contributed by atoms with van der Waals surface area (Å²) in [5, 5.41) is 12.2. The van der Waals surface area contributed by atoms with Crippen molar-refractivity contribution in [1.82, 2.24) is 4.98 Å². The first kappa shape index (κ1) is 23.3. The third-order valence-corrected chi connectivity index (χ3v) is 7.54. The van der Waals surface area contributed by atoms with Gasteiger partial charge in [0, 0.05) is 10.6 Å². The number of halogens is 1. The highest BCUT2D eigenvalue weighted by atomic mass is 35.5. The molecule has 0 bridgehead atoms. The van der Waals surface area contributed by atoms with Crippen LogP contribution in [0, 0.1) is 13.8 Å². The van der Waals surface area contributed by atoms with Gasteiger partial charge in [0.25, 0.3) is 5.78 Å². The Kier molecular flexibility index (Phi) is 5.95. The first-order valence-electron chi connectivity index (χ1n) is 11.3. The van der Waals surface area contributed by atoms with Gasteiger partial charge in [-0.25, -0.2) is 4.98 Å². The van der Waals surface area contributed by atoms with Gasteiger partial charge in [0.05, 0.1) is 21.8 Å². The lowest BCUT2D eigenvalue weighted by Gasteiger charge is -2.23. The average molecular weight is 503 g/mol. The third kappa shape index (κ3) is 4.03. The SMILES string of the molecule is CCc1ccc(C2/C(=C(\O)c3ccc(Cl)cc3)C(=O)C(=O)N2c2nc3c(C)cc(C)cc3s2)cc1. The van der Waals surface area contributed by atoms with Crippen molar-refractivity contribution in [3.05, 3.63) is 99.1 Å². The van der Waals surface area contributed by atoms with Gasteiger partial charge in [0.15, 0.2) is 5.13 Å². The number of benzene rings is 3. The molecule has 1 N–H and O–H groups in total. The molecule has 4 aromatic rings. The first-order chi connectivity index (χ1) is 16.8. The lowest BCUT2D eigenvalue weighted by molar-refractivity contribution is -0.132. The van der Waals surface area contributed by atoms with E-state index in [4.69, 9.17) is 16.6 Å². The van der Waals surface area contributed by atoms with Gasteiger partial charge in [0.2, 0.25) is 0 Å². The minimum atomic E-state index is -0.807. The van der Waals surface area contributed by atoms with Gasteiger partial charge in [-0.3, -0.25) is 14.5 Å². The van der Waals surface area contributed by atoms with Crippen molar-refractivity contribution in [2.75, 3.05) is 4.90 Å². The number of carbonyl (C=O) groups excluding carboxylic acids is 2. The maximum atomic E-state index is 13.4. The highest BCUT2D eigenvalue weighted by Gasteiger charge is 2.48. The minimum absolute atomic E-state index is 0.0359. The topological polar surface area (TPSA) is 70.5 Å². The number of amides is 1. The Bertz CT molecular complexity index is 1500. The van der Waals surface area contributed by atoms with Gasteiger partial charge in [0.1, 0.15) is 5.76 Å². The monoisotopic (exact) mass is 502 g/mol. The maximum Gasteiger partial charge on any atom is 0.301 e. The van der Waals surface area contributed by atoms with E-state index in [9.17, 15) is 14.7 Å². The molecule has 1 atom stereocenters. The predicted octanol–water partition coefficient (Wildman–Crippen LogP) is 6.76. The molecule has 1 saturated heterocycles. The summed E-state index contributed by atoms with van der Waals surface area (Å²) in [5.41, 5.74) is 5.21. The average Bonchev–Trinajstić information content (AvgIpc) is 3.38. The van der Waals surface area contributed by atoms with E-state index in [0.29, 0.717) is 15.7 Å². The predicted molar refractivity (Wildman–Crippen MR) is 141 cm³/mol. The fourth-order valence-electron chi connectivity index (χ4n) is 4.51. The molecule has 5 nitrogen and oxygen atoms in total. The molecule has 3 aromatic carbocycles. The summed E-state index contributed by atoms with van der Waals surface area (Å²) in [5.74, 6) is -1.69. The van der Waals surface area contributed by atoms with Crippen LogP contribution in [0.15, 0.2) is 66.2 Å². The van der Waals surface area contributed by atoms with Crippen molar-refractivity contribution in [1.29, 1.82) is 0 Å². The zero-order chi connectivity index (χ0) is 24.9. The van der Waals surface area contributed by atoms with Gasteiger partial charge < -0.3 is 5.11 Å². The number of aliphatic hydroxyl groups is 1. The number of ketones is 1. The molecule has 35 heavy (non-hydrogen) atoms. The van der Waals surface area contributed by atoms with Crippen molar-refractivity contribution in [2.24, 2.45) is 0 Å². The number of carbonyl (C=O) groups is 2. The molecule has 5 rings (SSSR count). The van der Waals surface area contributed by atoms with Gasteiger partial charge >= 0.3 is 5.91 Å². The molecule has 2 heterocycles. The number of thiazole rings is 1. The molecule has 1 aromatic heterocycles. The molecule has 0 radical (unpaired) electrons. The summed E-state index contributed by atoms with van der Waals surface area (Å²) < 4.78 is 0.942. The smallest absolute Gasteiger partial charge is 0.301 e. The van der Waals surface area contributed by atoms with Crippen LogP contribution in [0.2, 0.25) is 5.02 Å². The Morgan fingerprint density at radius 3 is 2.40 bits per heavy atom. The van der Waals surface area contributed by atoms with Crippen molar-refractivity contribution in [2.45, 2.75) is 33.2 Å². The summed E-state index contributed by atoms with van der Waals surface area (Å²) in [6, 6.07) is 17.6. The zero-order valence-electron chi connectivity index (χ0n) is 19.5. The van der Waals surface area contributed by atoms with Crippen molar-refractivity contribution >= 4 is 55.7 Å². The number of anilines is 1. The number of aliphatic hydroxyl groups excluding tert-OH is 1. The third-order valence-electron chi connectivity index (χ3n) is 6.29. The number of Topliss-reactive ketones (excluding diaryl/α,β-unsaturated/α-hetero) is 1. The van der Waals surface area contributed by atoms with Crippen LogP contribution in [0.25, 0.3) is 16.0 Å². The quantitative estimate of drug-likeness (QED) is 0.190. The molecule has 7 heteroatoms. The molecule has 1 unspecified atom stereocenters. The normalized spacial score (nSPS) is 17.5. The Hall–Kier alpha value is -3.48. The first-order valence-corrected chi connectivity index (χ1v) is 12.5. The summed E-state index contributed by atoms with van der Waals surface area (Å²) >= 11 is 7.38. The maximum absolute atomic E-state index is 13.4. The molecular formula is C28H23ClN2O3S. The van der Waals surface area contributed by atoms with Crippen LogP contribution in [-0.4, -0.2) is 21.8 Å². The van der Waals surface area contributed by atoms with Crippen LogP contribution in [0.1, 0.15) is 40.8 Å². The summed E-state index contributed by atoms with van der Waals surface area (Å²) in [7, 11) is 0. The second-order valence-electron chi connectivity index (χ2n) is 8.70. The Morgan fingerprint density at radius 1 is 1.06 bits per heavy atom. The van der Waals surface area contributed by atoms with Crippen molar-refractivity contribution in [3.8, 4) is 0 Å². The molecule has 0 spiro atoms. The molecule has 1 aliphatic heterocycles. The fraction of sp³-hybridized carbons (Fsp3) is 0.179. The van der Waals surface area contributed by atoms with E-state index in [1.54, 1.807) is 24.3 Å². The highest BCUT2D eigenvalue weighted by molar-refractivity contribution is 7.22. The van der Waals surface area contributed by atoms with Gasteiger partial charge in [-0.2, -0.15) is 0 Å². The molecule has 1 aliphatic rings. The van der Waals surface area contributed by atoms with Gasteiger partial charge in [-0.1, -0.05) is 60.2 Å². The second kappa shape index (κ2) is 8.95. The van der Waals surface area contributed by atoms with E-state index in [1.165, 1.54) is 16.2 Å². The number of fused-ring (bicyclic) bond motifs is 1. The molecule has 176 valence electrons. The van der Waals surface area contributed by atoms with E-state index < -0.39 is 17.7 Å². The van der Waals surface area contributed by atoms with Crippen molar-refractivity contribution in [3.63, 3.8) is 0 Å². The van der Waals surface area contributed by atoms with Crippen molar-refractivity contribution < 1.29 is 14.7 Å². The van der Waals surface area contributed by atoms with E-state index in [2.05, 4.69) is 6.92 Å². The van der Waals surface area contributed by atoms with Gasteiger partial charge in [-0.05, 0) is 72.9 Å². The Labute approximate surface area is 212 Å². The van der Waals surface area contributed by atoms with E-state index in [-0.39, 0.29) is 11.3 Å². The van der Waals surface area contributed by atoms with Crippen LogP contribution in [0.3, 0.4) is 0 Å². The number of aryl methyl sites for hydroxylation is 3. The van der Waals surface area contributed by atoms with E-state index in [1.807, 2.05) is 50.2 Å². The second-order valence-corrected chi connectivity index (χ2v) is 10.1. The fourth-order valence-corrected chi connectivity index (χ4v) is 5.80. The molecule has 1 fully saturated rings. The standard InChI is InChI=1S/C28H23ClN2O3S/c1-4-17-5-7-18(8-6-17)24-22(25(32)19-9-11-20(29)12-10-19)26(33)27(34)31(24)28-30-23-16(3)13-15(2)14-21(23)35-28/h5-14,24,32H,4H2,1-3H3/b25-22+. The highest BCUT2D eigenvalue weighted by Crippen LogP contribution is 2.44. The van der Waals surface area contributed by atoms with E-state index >= 15 is 0 Å². The van der Waals surface area contributed by atoms with Crippen LogP contribution in [0.4, 0.5) is 5.13 Å². The number of hydrogen-bond acceptors (Lipinski definition) is 5. The van der Waals surface area contributed by atoms with Crippen LogP contribution >= 0.6 is 22.9 Å². The Morgan fingerprint density at radius 2 is 1.74 bits per heavy atom. The van der Waals surface area contributed by atoms with Crippen LogP contribution in [-0.2, 0) is 16.0 Å². The molecule has 0 saturated carbocycles. The zero-order valence-corrected chi connectivity index (χ0v) is 21.1. The molecule has 0 aliphatic carbocycles. The number of nitrogens with zero attached hydrogens (tertiary/aromatic N) is 2. The summed E-state index contributed by atoms with van der Waals surface area (Å²) in [6.07, 6.45) is 0.863. The summed E-state index contributed by atoms with van der Waals surface area (Å²) in [6.45, 7) is 6.06. The lowest BCUT2D eigenvalue weighted by Crippen LogP contribution is -2.29. The minimum Gasteiger partial charge on any atom is -0.507 e. The molecule has 1 amide bonds. The van der Waals surface area contributed by atoms with Crippen LogP contribution < -0.4 is 4.90 Å². The number of aromatic nitrogens is 1. The number of rotatable bonds is 4. The molecular weight excluding hydrogens is 480 g/mol. The summed E-state index contributed by atoms with van der Waals surface area (Å²) in [4.78, 5) is 33.0. The van der Waals surface area contributed by atoms with E-state index in [0.717, 1.165) is 38.9 Å². The van der Waals surface area contributed by atoms with Gasteiger partial charge in [-0.15, -0.1) is 0 Å².